The standard InChI is InChI=1S/C11H13ClF2O/c1-11(15-2,7-10(13)14)8-3-5-9(12)6-4-8/h3-6,10H,7H2,1-2H3. The molecule has 0 amide bonds. The lowest BCUT2D eigenvalue weighted by molar-refractivity contribution is -0.0469. The van der Waals surface area contributed by atoms with Crippen molar-refractivity contribution in [3.63, 3.8) is 0 Å². The summed E-state index contributed by atoms with van der Waals surface area (Å²) in [6.45, 7) is 1.64. The van der Waals surface area contributed by atoms with Crippen LogP contribution in [0.4, 0.5) is 8.78 Å². The second kappa shape index (κ2) is 4.90. The highest BCUT2D eigenvalue weighted by Crippen LogP contribution is 2.31. The number of ether oxygens (including phenoxy) is 1. The van der Waals surface area contributed by atoms with E-state index in [0.29, 0.717) is 10.6 Å². The molecule has 0 radical (unpaired) electrons. The molecule has 1 aromatic rings. The van der Waals surface area contributed by atoms with Gasteiger partial charge in [0.25, 0.3) is 0 Å². The first-order valence-corrected chi connectivity index (χ1v) is 4.95. The topological polar surface area (TPSA) is 9.23 Å². The van der Waals surface area contributed by atoms with Crippen LogP contribution in [-0.4, -0.2) is 13.5 Å². The van der Waals surface area contributed by atoms with E-state index in [1.807, 2.05) is 0 Å². The first-order chi connectivity index (χ1) is 6.98. The van der Waals surface area contributed by atoms with Gasteiger partial charge >= 0.3 is 0 Å². The zero-order valence-electron chi connectivity index (χ0n) is 8.64. The Labute approximate surface area is 93.0 Å². The SMILES string of the molecule is COC(C)(CC(F)F)c1ccc(Cl)cc1. The minimum Gasteiger partial charge on any atom is -0.374 e. The van der Waals surface area contributed by atoms with Gasteiger partial charge in [-0.05, 0) is 24.6 Å². The van der Waals surface area contributed by atoms with Gasteiger partial charge in [0.1, 0.15) is 0 Å². The van der Waals surface area contributed by atoms with Crippen molar-refractivity contribution in [2.45, 2.75) is 25.4 Å². The molecule has 1 rings (SSSR count). The Bertz CT molecular complexity index is 313. The molecule has 4 heteroatoms. The molecule has 0 aliphatic carbocycles. The lowest BCUT2D eigenvalue weighted by Crippen LogP contribution is -2.27. The Balaban J connectivity index is 2.95. The number of rotatable bonds is 4. The maximum absolute atomic E-state index is 12.4. The molecule has 15 heavy (non-hydrogen) atoms. The number of alkyl halides is 2. The van der Waals surface area contributed by atoms with Gasteiger partial charge in [0.05, 0.1) is 5.60 Å². The Kier molecular flexibility index (Phi) is 4.05. The third kappa shape index (κ3) is 3.14. The van der Waals surface area contributed by atoms with Crippen LogP contribution in [0.25, 0.3) is 0 Å². The first-order valence-electron chi connectivity index (χ1n) is 4.57. The molecule has 1 aromatic carbocycles. The zero-order valence-corrected chi connectivity index (χ0v) is 9.39. The summed E-state index contributed by atoms with van der Waals surface area (Å²) in [6, 6.07) is 6.74. The molecule has 0 spiro atoms. The Hall–Kier alpha value is -0.670. The molecule has 84 valence electrons. The van der Waals surface area contributed by atoms with Crippen molar-refractivity contribution >= 4 is 11.6 Å². The molecule has 1 atom stereocenters. The van der Waals surface area contributed by atoms with Crippen molar-refractivity contribution in [3.05, 3.63) is 34.9 Å². The number of benzene rings is 1. The van der Waals surface area contributed by atoms with Gasteiger partial charge in [-0.2, -0.15) is 0 Å². The highest BCUT2D eigenvalue weighted by atomic mass is 35.5. The first kappa shape index (κ1) is 12.4. The van der Waals surface area contributed by atoms with Gasteiger partial charge in [-0.15, -0.1) is 0 Å². The van der Waals surface area contributed by atoms with Gasteiger partial charge < -0.3 is 4.74 Å². The fourth-order valence-corrected chi connectivity index (χ4v) is 1.54. The summed E-state index contributed by atoms with van der Waals surface area (Å²) in [6.07, 6.45) is -2.73. The molecular formula is C11H13ClF2O. The van der Waals surface area contributed by atoms with E-state index in [1.54, 1.807) is 31.2 Å². The van der Waals surface area contributed by atoms with Crippen molar-refractivity contribution in [3.8, 4) is 0 Å². The molecular weight excluding hydrogens is 222 g/mol. The Morgan fingerprint density at radius 2 is 1.87 bits per heavy atom. The summed E-state index contributed by atoms with van der Waals surface area (Å²) in [5.74, 6) is 0. The fourth-order valence-electron chi connectivity index (χ4n) is 1.42. The maximum atomic E-state index is 12.4. The number of hydrogen-bond acceptors (Lipinski definition) is 1. The van der Waals surface area contributed by atoms with Crippen LogP contribution in [0, 0.1) is 0 Å². The van der Waals surface area contributed by atoms with E-state index in [0.717, 1.165) is 0 Å². The van der Waals surface area contributed by atoms with Crippen molar-refractivity contribution < 1.29 is 13.5 Å². The quantitative estimate of drug-likeness (QED) is 0.769. The van der Waals surface area contributed by atoms with E-state index in [4.69, 9.17) is 16.3 Å². The van der Waals surface area contributed by atoms with Crippen LogP contribution in [0.1, 0.15) is 18.9 Å². The van der Waals surface area contributed by atoms with Crippen LogP contribution in [0.5, 0.6) is 0 Å². The maximum Gasteiger partial charge on any atom is 0.241 e. The van der Waals surface area contributed by atoms with Crippen LogP contribution in [0.3, 0.4) is 0 Å². The van der Waals surface area contributed by atoms with E-state index in [1.165, 1.54) is 7.11 Å². The summed E-state index contributed by atoms with van der Waals surface area (Å²) < 4.78 is 29.9. The molecule has 0 aliphatic rings. The number of hydrogen-bond donors (Lipinski definition) is 0. The van der Waals surface area contributed by atoms with Gasteiger partial charge in [-0.1, -0.05) is 23.7 Å². The highest BCUT2D eigenvalue weighted by Gasteiger charge is 2.30. The summed E-state index contributed by atoms with van der Waals surface area (Å²) in [4.78, 5) is 0. The fraction of sp³-hybridized carbons (Fsp3) is 0.455. The average Bonchev–Trinajstić information content (AvgIpc) is 2.17. The van der Waals surface area contributed by atoms with Crippen LogP contribution < -0.4 is 0 Å². The van der Waals surface area contributed by atoms with E-state index in [9.17, 15) is 8.78 Å². The van der Waals surface area contributed by atoms with Crippen LogP contribution >= 0.6 is 11.6 Å². The van der Waals surface area contributed by atoms with Crippen molar-refractivity contribution in [2.75, 3.05) is 7.11 Å². The summed E-state index contributed by atoms with van der Waals surface area (Å²) in [5.41, 5.74) is -0.256. The van der Waals surface area contributed by atoms with E-state index in [2.05, 4.69) is 0 Å². The average molecular weight is 235 g/mol. The molecule has 0 saturated carbocycles. The van der Waals surface area contributed by atoms with Crippen molar-refractivity contribution in [2.24, 2.45) is 0 Å². The number of halogens is 3. The second-order valence-corrected chi connectivity index (χ2v) is 3.97. The molecule has 0 saturated heterocycles. The number of methoxy groups -OCH3 is 1. The van der Waals surface area contributed by atoms with Crippen LogP contribution in [0.2, 0.25) is 5.02 Å². The Morgan fingerprint density at radius 3 is 2.27 bits per heavy atom. The highest BCUT2D eigenvalue weighted by molar-refractivity contribution is 6.30. The smallest absolute Gasteiger partial charge is 0.241 e. The van der Waals surface area contributed by atoms with Gasteiger partial charge in [-0.25, -0.2) is 8.78 Å². The predicted molar refractivity (Wildman–Crippen MR) is 56.4 cm³/mol. The predicted octanol–water partition coefficient (Wildman–Crippen LogP) is 3.86. The molecule has 0 bridgehead atoms. The Morgan fingerprint density at radius 1 is 1.33 bits per heavy atom. The van der Waals surface area contributed by atoms with Gasteiger partial charge in [0.15, 0.2) is 0 Å². The minimum absolute atomic E-state index is 0.328. The normalized spacial score (nSPS) is 15.3. The summed E-state index contributed by atoms with van der Waals surface area (Å²) >= 11 is 5.72. The van der Waals surface area contributed by atoms with Gasteiger partial charge in [-0.3, -0.25) is 0 Å². The third-order valence-corrected chi connectivity index (χ3v) is 2.70. The molecule has 0 heterocycles. The van der Waals surface area contributed by atoms with Gasteiger partial charge in [0.2, 0.25) is 6.43 Å². The largest absolute Gasteiger partial charge is 0.374 e. The second-order valence-electron chi connectivity index (χ2n) is 3.54. The minimum atomic E-state index is -2.40. The van der Waals surface area contributed by atoms with Crippen molar-refractivity contribution in [1.29, 1.82) is 0 Å². The molecule has 0 aromatic heterocycles. The van der Waals surface area contributed by atoms with Crippen LogP contribution in [-0.2, 0) is 10.3 Å². The molecule has 0 N–H and O–H groups in total. The lowest BCUT2D eigenvalue weighted by Gasteiger charge is -2.28. The summed E-state index contributed by atoms with van der Waals surface area (Å²) in [5, 5.41) is 0.578. The molecule has 0 aliphatic heterocycles. The van der Waals surface area contributed by atoms with Gasteiger partial charge in [0, 0.05) is 18.6 Å². The monoisotopic (exact) mass is 234 g/mol. The zero-order chi connectivity index (χ0) is 11.5. The van der Waals surface area contributed by atoms with Crippen LogP contribution in [0.15, 0.2) is 24.3 Å². The third-order valence-electron chi connectivity index (χ3n) is 2.45. The van der Waals surface area contributed by atoms with E-state index < -0.39 is 12.0 Å². The van der Waals surface area contributed by atoms with E-state index >= 15 is 0 Å². The summed E-state index contributed by atoms with van der Waals surface area (Å²) in [7, 11) is 1.43. The molecule has 1 unspecified atom stereocenters. The lowest BCUT2D eigenvalue weighted by atomic mass is 9.92. The van der Waals surface area contributed by atoms with Crippen molar-refractivity contribution in [1.82, 2.24) is 0 Å². The molecule has 1 nitrogen and oxygen atoms in total. The van der Waals surface area contributed by atoms with E-state index in [-0.39, 0.29) is 6.42 Å². The molecule has 0 fully saturated rings.